The highest BCUT2D eigenvalue weighted by Crippen LogP contribution is 2.19. The summed E-state index contributed by atoms with van der Waals surface area (Å²) in [6.07, 6.45) is 3.18. The van der Waals surface area contributed by atoms with E-state index in [1.807, 2.05) is 24.3 Å². The lowest BCUT2D eigenvalue weighted by Gasteiger charge is -2.04. The Morgan fingerprint density at radius 1 is 1.15 bits per heavy atom. The first-order chi connectivity index (χ1) is 9.69. The molecule has 0 radical (unpaired) electrons. The third kappa shape index (κ3) is 3.87. The lowest BCUT2D eigenvalue weighted by atomic mass is 10.2. The van der Waals surface area contributed by atoms with Crippen LogP contribution >= 0.6 is 11.6 Å². The molecule has 0 aromatic heterocycles. The predicted molar refractivity (Wildman–Crippen MR) is 82.1 cm³/mol. The molecular formula is C16H14ClNO2. The summed E-state index contributed by atoms with van der Waals surface area (Å²) in [6.45, 7) is 0. The summed E-state index contributed by atoms with van der Waals surface area (Å²) in [6, 6.07) is 14.4. The molecule has 0 atom stereocenters. The molecule has 102 valence electrons. The fraction of sp³-hybridized carbons (Fsp3) is 0.0625. The van der Waals surface area contributed by atoms with Gasteiger partial charge in [-0.25, -0.2) is 0 Å². The minimum Gasteiger partial charge on any atom is -0.496 e. The average molecular weight is 288 g/mol. The van der Waals surface area contributed by atoms with Crippen LogP contribution in [0, 0.1) is 0 Å². The maximum atomic E-state index is 11.8. The van der Waals surface area contributed by atoms with Gasteiger partial charge in [-0.1, -0.05) is 29.8 Å². The van der Waals surface area contributed by atoms with Crippen LogP contribution in [0.25, 0.3) is 6.08 Å². The van der Waals surface area contributed by atoms with Crippen LogP contribution in [-0.4, -0.2) is 13.0 Å². The van der Waals surface area contributed by atoms with Gasteiger partial charge in [0.15, 0.2) is 0 Å². The lowest BCUT2D eigenvalue weighted by molar-refractivity contribution is -0.111. The van der Waals surface area contributed by atoms with Crippen molar-refractivity contribution in [3.63, 3.8) is 0 Å². The molecule has 0 heterocycles. The molecule has 2 aromatic carbocycles. The number of rotatable bonds is 4. The molecule has 0 aliphatic rings. The van der Waals surface area contributed by atoms with E-state index in [1.165, 1.54) is 6.08 Å². The zero-order chi connectivity index (χ0) is 14.4. The maximum Gasteiger partial charge on any atom is 0.248 e. The molecule has 3 nitrogen and oxygen atoms in total. The molecule has 1 amide bonds. The second-order valence-corrected chi connectivity index (χ2v) is 4.51. The van der Waals surface area contributed by atoms with Crippen LogP contribution in [0.5, 0.6) is 5.75 Å². The van der Waals surface area contributed by atoms with E-state index in [1.54, 1.807) is 37.5 Å². The number of carbonyl (C=O) groups is 1. The van der Waals surface area contributed by atoms with E-state index in [0.717, 1.165) is 11.3 Å². The summed E-state index contributed by atoms with van der Waals surface area (Å²) in [5, 5.41) is 3.38. The number of halogens is 1. The summed E-state index contributed by atoms with van der Waals surface area (Å²) >= 11 is 5.78. The van der Waals surface area contributed by atoms with Crippen molar-refractivity contribution in [3.05, 3.63) is 65.2 Å². The van der Waals surface area contributed by atoms with Crippen LogP contribution < -0.4 is 10.1 Å². The predicted octanol–water partition coefficient (Wildman–Crippen LogP) is 4.00. The Kier molecular flexibility index (Phi) is 4.80. The molecule has 0 aliphatic heterocycles. The Morgan fingerprint density at radius 3 is 2.55 bits per heavy atom. The zero-order valence-electron chi connectivity index (χ0n) is 11.0. The van der Waals surface area contributed by atoms with Crippen LogP contribution in [0.15, 0.2) is 54.6 Å². The van der Waals surface area contributed by atoms with Crippen LogP contribution in [0.3, 0.4) is 0 Å². The van der Waals surface area contributed by atoms with Gasteiger partial charge >= 0.3 is 0 Å². The van der Waals surface area contributed by atoms with Crippen molar-refractivity contribution in [1.29, 1.82) is 0 Å². The van der Waals surface area contributed by atoms with E-state index < -0.39 is 0 Å². The number of hydrogen-bond acceptors (Lipinski definition) is 2. The second-order valence-electron chi connectivity index (χ2n) is 4.07. The Morgan fingerprint density at radius 2 is 1.85 bits per heavy atom. The van der Waals surface area contributed by atoms with Gasteiger partial charge in [0.25, 0.3) is 0 Å². The third-order valence-electron chi connectivity index (χ3n) is 2.66. The topological polar surface area (TPSA) is 38.3 Å². The third-order valence-corrected chi connectivity index (χ3v) is 2.92. The van der Waals surface area contributed by atoms with Gasteiger partial charge in [-0.15, -0.1) is 0 Å². The molecule has 20 heavy (non-hydrogen) atoms. The molecule has 0 aliphatic carbocycles. The zero-order valence-corrected chi connectivity index (χ0v) is 11.7. The van der Waals surface area contributed by atoms with Gasteiger partial charge in [0, 0.05) is 22.3 Å². The van der Waals surface area contributed by atoms with Gasteiger partial charge < -0.3 is 10.1 Å². The van der Waals surface area contributed by atoms with Gasteiger partial charge in [0.1, 0.15) is 5.75 Å². The first-order valence-electron chi connectivity index (χ1n) is 6.06. The Bertz CT molecular complexity index is 621. The van der Waals surface area contributed by atoms with Crippen molar-refractivity contribution in [3.8, 4) is 5.75 Å². The van der Waals surface area contributed by atoms with Crippen LogP contribution in [0.1, 0.15) is 5.56 Å². The van der Waals surface area contributed by atoms with E-state index >= 15 is 0 Å². The first-order valence-corrected chi connectivity index (χ1v) is 6.44. The monoisotopic (exact) mass is 287 g/mol. The van der Waals surface area contributed by atoms with Gasteiger partial charge in [-0.05, 0) is 36.4 Å². The van der Waals surface area contributed by atoms with Crippen molar-refractivity contribution in [2.24, 2.45) is 0 Å². The summed E-state index contributed by atoms with van der Waals surface area (Å²) in [5.41, 5.74) is 1.55. The largest absolute Gasteiger partial charge is 0.496 e. The summed E-state index contributed by atoms with van der Waals surface area (Å²) in [4.78, 5) is 11.8. The second kappa shape index (κ2) is 6.78. The van der Waals surface area contributed by atoms with Crippen molar-refractivity contribution >= 4 is 29.3 Å². The number of amides is 1. The molecule has 0 fully saturated rings. The average Bonchev–Trinajstić information content (AvgIpc) is 2.48. The highest BCUT2D eigenvalue weighted by Gasteiger charge is 2.00. The van der Waals surface area contributed by atoms with Crippen LogP contribution in [0.4, 0.5) is 5.69 Å². The van der Waals surface area contributed by atoms with E-state index in [2.05, 4.69) is 5.32 Å². The van der Waals surface area contributed by atoms with Crippen molar-refractivity contribution in [2.75, 3.05) is 12.4 Å². The van der Waals surface area contributed by atoms with E-state index in [-0.39, 0.29) is 5.91 Å². The van der Waals surface area contributed by atoms with Gasteiger partial charge in [0.2, 0.25) is 5.91 Å². The SMILES string of the molecule is COc1ccccc1C=CC(=O)Nc1ccc(Cl)cc1. The standard InChI is InChI=1S/C16H14ClNO2/c1-20-15-5-3-2-4-12(15)6-11-16(19)18-14-9-7-13(17)8-10-14/h2-11H,1H3,(H,18,19). The number of hydrogen-bond donors (Lipinski definition) is 1. The molecular weight excluding hydrogens is 274 g/mol. The number of para-hydroxylation sites is 1. The highest BCUT2D eigenvalue weighted by atomic mass is 35.5. The number of benzene rings is 2. The van der Waals surface area contributed by atoms with Gasteiger partial charge in [-0.3, -0.25) is 4.79 Å². The maximum absolute atomic E-state index is 11.8. The minimum atomic E-state index is -0.210. The van der Waals surface area contributed by atoms with E-state index in [9.17, 15) is 4.79 Å². The number of ether oxygens (including phenoxy) is 1. The van der Waals surface area contributed by atoms with Crippen molar-refractivity contribution in [1.82, 2.24) is 0 Å². The molecule has 0 unspecified atom stereocenters. The van der Waals surface area contributed by atoms with E-state index in [0.29, 0.717) is 10.7 Å². The molecule has 2 aromatic rings. The van der Waals surface area contributed by atoms with Gasteiger partial charge in [-0.2, -0.15) is 0 Å². The molecule has 4 heteroatoms. The Labute approximate surface area is 122 Å². The quantitative estimate of drug-likeness (QED) is 0.863. The van der Waals surface area contributed by atoms with E-state index in [4.69, 9.17) is 16.3 Å². The normalized spacial score (nSPS) is 10.5. The molecule has 0 bridgehead atoms. The van der Waals surface area contributed by atoms with Crippen molar-refractivity contribution < 1.29 is 9.53 Å². The Hall–Kier alpha value is -2.26. The number of carbonyl (C=O) groups excluding carboxylic acids is 1. The molecule has 0 saturated carbocycles. The molecule has 2 rings (SSSR count). The lowest BCUT2D eigenvalue weighted by Crippen LogP contribution is -2.07. The molecule has 0 saturated heterocycles. The number of anilines is 1. The fourth-order valence-electron chi connectivity index (χ4n) is 1.69. The number of nitrogens with one attached hydrogen (secondary N) is 1. The minimum absolute atomic E-state index is 0.210. The summed E-state index contributed by atoms with van der Waals surface area (Å²) in [7, 11) is 1.60. The Balaban J connectivity index is 2.04. The molecule has 0 spiro atoms. The van der Waals surface area contributed by atoms with Crippen LogP contribution in [-0.2, 0) is 4.79 Å². The summed E-state index contributed by atoms with van der Waals surface area (Å²) < 4.78 is 5.21. The summed E-state index contributed by atoms with van der Waals surface area (Å²) in [5.74, 6) is 0.515. The highest BCUT2D eigenvalue weighted by molar-refractivity contribution is 6.30. The fourth-order valence-corrected chi connectivity index (χ4v) is 1.81. The first kappa shape index (κ1) is 14.2. The smallest absolute Gasteiger partial charge is 0.248 e. The van der Waals surface area contributed by atoms with Crippen LogP contribution in [0.2, 0.25) is 5.02 Å². The van der Waals surface area contributed by atoms with Crippen molar-refractivity contribution in [2.45, 2.75) is 0 Å². The number of methoxy groups -OCH3 is 1. The molecule has 1 N–H and O–H groups in total. The van der Waals surface area contributed by atoms with Gasteiger partial charge in [0.05, 0.1) is 7.11 Å².